The predicted octanol–water partition coefficient (Wildman–Crippen LogP) is 3.99. The van der Waals surface area contributed by atoms with Crippen molar-refractivity contribution in [3.8, 4) is 5.75 Å². The number of fused-ring (bicyclic) bond motifs is 1. The first-order chi connectivity index (χ1) is 13.2. The first kappa shape index (κ1) is 17.1. The van der Waals surface area contributed by atoms with Crippen molar-refractivity contribution in [2.75, 3.05) is 7.11 Å². The summed E-state index contributed by atoms with van der Waals surface area (Å²) < 4.78 is 7.11. The van der Waals surface area contributed by atoms with E-state index in [-0.39, 0.29) is 0 Å². The molecular formula is C21H21N5O. The van der Waals surface area contributed by atoms with E-state index in [0.717, 1.165) is 22.6 Å². The van der Waals surface area contributed by atoms with Crippen LogP contribution >= 0.6 is 0 Å². The highest BCUT2D eigenvalue weighted by molar-refractivity contribution is 6.50. The molecule has 3 aromatic rings. The Morgan fingerprint density at radius 2 is 1.85 bits per heavy atom. The highest BCUT2D eigenvalue weighted by Crippen LogP contribution is 2.23. The fourth-order valence-corrected chi connectivity index (χ4v) is 3.07. The van der Waals surface area contributed by atoms with E-state index >= 15 is 0 Å². The molecule has 6 nitrogen and oxygen atoms in total. The third-order valence-corrected chi connectivity index (χ3v) is 4.60. The molecule has 136 valence electrons. The first-order valence-corrected chi connectivity index (χ1v) is 8.93. The fraction of sp³-hybridized carbons (Fsp3) is 0.238. The van der Waals surface area contributed by atoms with Crippen LogP contribution < -0.4 is 4.74 Å². The summed E-state index contributed by atoms with van der Waals surface area (Å²) in [5.41, 5.74) is 4.09. The zero-order valence-electron chi connectivity index (χ0n) is 15.6. The van der Waals surface area contributed by atoms with E-state index in [1.54, 1.807) is 11.8 Å². The van der Waals surface area contributed by atoms with Crippen molar-refractivity contribution in [2.45, 2.75) is 26.3 Å². The minimum absolute atomic E-state index is 0.474. The molecule has 0 saturated heterocycles. The summed E-state index contributed by atoms with van der Waals surface area (Å²) in [5, 5.41) is 4.28. The van der Waals surface area contributed by atoms with Gasteiger partial charge in [0.25, 0.3) is 5.95 Å². The molecule has 0 saturated carbocycles. The minimum Gasteiger partial charge on any atom is -0.496 e. The van der Waals surface area contributed by atoms with E-state index in [9.17, 15) is 0 Å². The molecule has 1 aromatic heterocycles. The quantitative estimate of drug-likeness (QED) is 0.692. The molecule has 6 heteroatoms. The Kier molecular flexibility index (Phi) is 4.54. The van der Waals surface area contributed by atoms with E-state index in [0.29, 0.717) is 24.2 Å². The first-order valence-electron chi connectivity index (χ1n) is 8.93. The molecule has 0 spiro atoms. The highest BCUT2D eigenvalue weighted by Gasteiger charge is 2.25. The number of hydrogen-bond donors (Lipinski definition) is 0. The lowest BCUT2D eigenvalue weighted by Crippen LogP contribution is -2.20. The molecule has 0 bridgehead atoms. The highest BCUT2D eigenvalue weighted by atomic mass is 16.5. The van der Waals surface area contributed by atoms with Gasteiger partial charge in [0.05, 0.1) is 13.7 Å². The van der Waals surface area contributed by atoms with Crippen molar-refractivity contribution in [1.82, 2.24) is 14.8 Å². The molecule has 0 atom stereocenters. The summed E-state index contributed by atoms with van der Waals surface area (Å²) in [4.78, 5) is 13.7. The summed E-state index contributed by atoms with van der Waals surface area (Å²) >= 11 is 0. The molecule has 0 amide bonds. The lowest BCUT2D eigenvalue weighted by molar-refractivity contribution is 0.410. The van der Waals surface area contributed by atoms with Gasteiger partial charge in [-0.15, -0.1) is 0 Å². The van der Waals surface area contributed by atoms with Crippen molar-refractivity contribution in [2.24, 2.45) is 9.98 Å². The van der Waals surface area contributed by atoms with Crippen molar-refractivity contribution in [1.29, 1.82) is 0 Å². The van der Waals surface area contributed by atoms with E-state index in [4.69, 9.17) is 9.73 Å². The number of methoxy groups -OCH3 is 1. The number of hydrogen-bond acceptors (Lipinski definition) is 5. The van der Waals surface area contributed by atoms with Gasteiger partial charge >= 0.3 is 0 Å². The van der Waals surface area contributed by atoms with Crippen LogP contribution in [-0.2, 0) is 6.54 Å². The van der Waals surface area contributed by atoms with Crippen LogP contribution in [0.1, 0.15) is 36.5 Å². The molecule has 1 aliphatic rings. The molecule has 0 radical (unpaired) electrons. The number of aromatic nitrogens is 3. The maximum atomic E-state index is 5.43. The van der Waals surface area contributed by atoms with Gasteiger partial charge < -0.3 is 4.74 Å². The van der Waals surface area contributed by atoms with Crippen molar-refractivity contribution >= 4 is 17.5 Å². The summed E-state index contributed by atoms with van der Waals surface area (Å²) in [7, 11) is 1.67. The topological polar surface area (TPSA) is 64.7 Å². The van der Waals surface area contributed by atoms with Crippen LogP contribution in [0.25, 0.3) is 0 Å². The van der Waals surface area contributed by atoms with Crippen LogP contribution in [-0.4, -0.2) is 33.4 Å². The molecule has 2 aromatic carbocycles. The second-order valence-corrected chi connectivity index (χ2v) is 6.66. The summed E-state index contributed by atoms with van der Waals surface area (Å²) in [5.74, 6) is 2.56. The van der Waals surface area contributed by atoms with Gasteiger partial charge in [-0.05, 0) is 17.5 Å². The monoisotopic (exact) mass is 359 g/mol. The van der Waals surface area contributed by atoms with Gasteiger partial charge in [-0.25, -0.2) is 4.99 Å². The number of rotatable bonds is 5. The van der Waals surface area contributed by atoms with Crippen molar-refractivity contribution < 1.29 is 4.74 Å². The SMILES string of the molecule is COc1ccccc1CN=C1C(c2ccc(C(C)C)cc2)=Nc2ncnn21. The summed E-state index contributed by atoms with van der Waals surface area (Å²) in [6.45, 7) is 4.84. The molecule has 0 aliphatic carbocycles. The Morgan fingerprint density at radius 1 is 1.07 bits per heavy atom. The van der Waals surface area contributed by atoms with Crippen molar-refractivity contribution in [3.63, 3.8) is 0 Å². The minimum atomic E-state index is 0.474. The van der Waals surface area contributed by atoms with E-state index in [1.165, 1.54) is 11.9 Å². The normalized spacial score (nSPS) is 14.5. The number of para-hydroxylation sites is 1. The molecule has 0 N–H and O–H groups in total. The van der Waals surface area contributed by atoms with Crippen LogP contribution in [0.4, 0.5) is 5.95 Å². The van der Waals surface area contributed by atoms with Gasteiger partial charge in [-0.1, -0.05) is 56.3 Å². The van der Waals surface area contributed by atoms with Crippen LogP contribution in [0, 0.1) is 0 Å². The van der Waals surface area contributed by atoms with Gasteiger partial charge in [-0.3, -0.25) is 4.99 Å². The lowest BCUT2D eigenvalue weighted by atomic mass is 10.00. The third-order valence-electron chi connectivity index (χ3n) is 4.60. The van der Waals surface area contributed by atoms with E-state index < -0.39 is 0 Å². The average molecular weight is 359 g/mol. The zero-order valence-corrected chi connectivity index (χ0v) is 15.6. The fourth-order valence-electron chi connectivity index (χ4n) is 3.07. The van der Waals surface area contributed by atoms with Crippen LogP contribution in [0.3, 0.4) is 0 Å². The van der Waals surface area contributed by atoms with Crippen LogP contribution in [0.2, 0.25) is 0 Å². The van der Waals surface area contributed by atoms with Gasteiger partial charge in [-0.2, -0.15) is 14.8 Å². The number of benzene rings is 2. The number of ether oxygens (including phenoxy) is 1. The second kappa shape index (κ2) is 7.15. The Bertz CT molecular complexity index is 1020. The second-order valence-electron chi connectivity index (χ2n) is 6.66. The molecule has 0 unspecified atom stereocenters. The molecule has 4 rings (SSSR count). The van der Waals surface area contributed by atoms with Gasteiger partial charge in [0, 0.05) is 11.1 Å². The Labute approximate surface area is 158 Å². The lowest BCUT2D eigenvalue weighted by Gasteiger charge is -2.09. The van der Waals surface area contributed by atoms with E-state index in [2.05, 4.69) is 53.2 Å². The predicted molar refractivity (Wildman–Crippen MR) is 106 cm³/mol. The maximum absolute atomic E-state index is 5.43. The maximum Gasteiger partial charge on any atom is 0.254 e. The molecule has 27 heavy (non-hydrogen) atoms. The molecule has 2 heterocycles. The van der Waals surface area contributed by atoms with E-state index in [1.807, 2.05) is 24.3 Å². The number of nitrogens with zero attached hydrogens (tertiary/aromatic N) is 5. The van der Waals surface area contributed by atoms with Gasteiger partial charge in [0.2, 0.25) is 0 Å². The Balaban J connectivity index is 1.70. The smallest absolute Gasteiger partial charge is 0.254 e. The molecular weight excluding hydrogens is 338 g/mol. The third kappa shape index (κ3) is 3.26. The van der Waals surface area contributed by atoms with Gasteiger partial charge in [0.15, 0.2) is 5.84 Å². The zero-order chi connectivity index (χ0) is 18.8. The Morgan fingerprint density at radius 3 is 2.59 bits per heavy atom. The standard InChI is InChI=1S/C21H21N5O/c1-14(2)15-8-10-16(11-9-15)19-20(26-21(25-19)23-13-24-26)22-12-17-6-4-5-7-18(17)27-3/h4-11,13-14H,12H2,1-3H3. The van der Waals surface area contributed by atoms with Crippen LogP contribution in [0.5, 0.6) is 5.75 Å². The van der Waals surface area contributed by atoms with Crippen LogP contribution in [0.15, 0.2) is 64.8 Å². The van der Waals surface area contributed by atoms with Gasteiger partial charge in [0.1, 0.15) is 17.8 Å². The number of aliphatic imine (C=N–C) groups is 2. The van der Waals surface area contributed by atoms with Crippen molar-refractivity contribution in [3.05, 3.63) is 71.5 Å². The largest absolute Gasteiger partial charge is 0.496 e. The summed E-state index contributed by atoms with van der Waals surface area (Å²) in [6.07, 6.45) is 1.50. The summed E-state index contributed by atoms with van der Waals surface area (Å²) in [6, 6.07) is 16.3. The molecule has 0 fully saturated rings. The Hall–Kier alpha value is -3.28. The average Bonchev–Trinajstić information content (AvgIpc) is 3.28. The molecule has 1 aliphatic heterocycles.